The van der Waals surface area contributed by atoms with Gasteiger partial charge in [0.25, 0.3) is 0 Å². The first kappa shape index (κ1) is 11.1. The lowest BCUT2D eigenvalue weighted by atomic mass is 10.2. The Kier molecular flexibility index (Phi) is 4.03. The Morgan fingerprint density at radius 2 is 2.50 bits per heavy atom. The Hall–Kier alpha value is -0.940. The van der Waals surface area contributed by atoms with E-state index in [-0.39, 0.29) is 11.9 Å². The van der Waals surface area contributed by atoms with Crippen LogP contribution in [0.2, 0.25) is 0 Å². The maximum Gasteiger partial charge on any atom is 0.221 e. The highest BCUT2D eigenvalue weighted by Crippen LogP contribution is 2.07. The van der Waals surface area contributed by atoms with E-state index in [4.69, 9.17) is 5.73 Å². The fourth-order valence-corrected chi connectivity index (χ4v) is 1.66. The molecule has 0 saturated heterocycles. The van der Waals surface area contributed by atoms with Gasteiger partial charge in [0, 0.05) is 17.8 Å². The van der Waals surface area contributed by atoms with E-state index in [1.807, 2.05) is 19.2 Å². The molecule has 3 N–H and O–H groups in total. The van der Waals surface area contributed by atoms with Crippen LogP contribution in [0.25, 0.3) is 0 Å². The summed E-state index contributed by atoms with van der Waals surface area (Å²) in [6.45, 7) is 4.25. The molecule has 0 aromatic carbocycles. The summed E-state index contributed by atoms with van der Waals surface area (Å²) < 4.78 is 0. The molecule has 0 fully saturated rings. The number of nitrogens with one attached hydrogen (secondary N) is 1. The van der Waals surface area contributed by atoms with E-state index >= 15 is 0 Å². The van der Waals surface area contributed by atoms with Crippen molar-refractivity contribution in [2.24, 2.45) is 5.73 Å². The van der Waals surface area contributed by atoms with Crippen LogP contribution in [-0.4, -0.2) is 16.9 Å². The van der Waals surface area contributed by atoms with E-state index in [1.54, 1.807) is 11.3 Å². The Labute approximate surface area is 87.5 Å². The molecule has 1 atom stereocenters. The molecule has 0 bridgehead atoms. The van der Waals surface area contributed by atoms with Gasteiger partial charge < -0.3 is 11.1 Å². The Balaban J connectivity index is 2.30. The van der Waals surface area contributed by atoms with Crippen molar-refractivity contribution in [1.82, 2.24) is 10.3 Å². The number of hydrogen-bond donors (Lipinski definition) is 2. The Morgan fingerprint density at radius 3 is 3.00 bits per heavy atom. The minimum absolute atomic E-state index is 0.0225. The molecule has 0 spiro atoms. The number of hydrogen-bond acceptors (Lipinski definition) is 4. The summed E-state index contributed by atoms with van der Waals surface area (Å²) in [5, 5.41) is 5.73. The van der Waals surface area contributed by atoms with Crippen molar-refractivity contribution < 1.29 is 4.79 Å². The van der Waals surface area contributed by atoms with Gasteiger partial charge >= 0.3 is 0 Å². The molecule has 0 aliphatic rings. The standard InChI is InChI=1S/C9H15N3OS/c1-6(10)3-9(13)11-4-8-5-14-7(2)12-8/h5-6H,3-4,10H2,1-2H3,(H,11,13). The van der Waals surface area contributed by atoms with Gasteiger partial charge in [0.1, 0.15) is 0 Å². The lowest BCUT2D eigenvalue weighted by Gasteiger charge is -2.05. The molecular weight excluding hydrogens is 198 g/mol. The van der Waals surface area contributed by atoms with Gasteiger partial charge in [-0.2, -0.15) is 0 Å². The largest absolute Gasteiger partial charge is 0.350 e. The molecule has 1 unspecified atom stereocenters. The van der Waals surface area contributed by atoms with E-state index in [0.717, 1.165) is 10.7 Å². The first-order valence-corrected chi connectivity index (χ1v) is 5.39. The zero-order valence-corrected chi connectivity index (χ0v) is 9.23. The molecule has 5 heteroatoms. The van der Waals surface area contributed by atoms with E-state index < -0.39 is 0 Å². The van der Waals surface area contributed by atoms with Gasteiger partial charge in [-0.3, -0.25) is 4.79 Å². The SMILES string of the molecule is Cc1nc(CNC(=O)CC(C)N)cs1. The van der Waals surface area contributed by atoms with Crippen molar-refractivity contribution in [3.63, 3.8) is 0 Å². The molecule has 4 nitrogen and oxygen atoms in total. The van der Waals surface area contributed by atoms with E-state index in [2.05, 4.69) is 10.3 Å². The summed E-state index contributed by atoms with van der Waals surface area (Å²) in [7, 11) is 0. The molecule has 14 heavy (non-hydrogen) atoms. The highest BCUT2D eigenvalue weighted by molar-refractivity contribution is 7.09. The molecular formula is C9H15N3OS. The predicted molar refractivity (Wildman–Crippen MR) is 57.0 cm³/mol. The second-order valence-electron chi connectivity index (χ2n) is 3.32. The van der Waals surface area contributed by atoms with Gasteiger partial charge in [0.05, 0.1) is 17.2 Å². The third kappa shape index (κ3) is 3.85. The van der Waals surface area contributed by atoms with Crippen LogP contribution < -0.4 is 11.1 Å². The monoisotopic (exact) mass is 213 g/mol. The zero-order chi connectivity index (χ0) is 10.6. The van der Waals surface area contributed by atoms with Crippen LogP contribution in [0.3, 0.4) is 0 Å². The molecule has 1 rings (SSSR count). The van der Waals surface area contributed by atoms with Crippen LogP contribution in [0.5, 0.6) is 0 Å². The molecule has 0 aliphatic carbocycles. The number of nitrogens with two attached hydrogens (primary N) is 1. The third-order valence-electron chi connectivity index (χ3n) is 1.64. The maximum atomic E-state index is 11.2. The van der Waals surface area contributed by atoms with Crippen molar-refractivity contribution >= 4 is 17.2 Å². The van der Waals surface area contributed by atoms with Crippen LogP contribution >= 0.6 is 11.3 Å². The minimum atomic E-state index is -0.0906. The summed E-state index contributed by atoms with van der Waals surface area (Å²) in [4.78, 5) is 15.5. The summed E-state index contributed by atoms with van der Waals surface area (Å²) in [6, 6.07) is -0.0906. The molecule has 0 saturated carbocycles. The number of nitrogens with zero attached hydrogens (tertiary/aromatic N) is 1. The number of amides is 1. The Bertz CT molecular complexity index is 309. The topological polar surface area (TPSA) is 68.0 Å². The highest BCUT2D eigenvalue weighted by Gasteiger charge is 2.05. The lowest BCUT2D eigenvalue weighted by Crippen LogP contribution is -2.29. The first-order valence-electron chi connectivity index (χ1n) is 4.51. The van der Waals surface area contributed by atoms with Gasteiger partial charge in [-0.05, 0) is 13.8 Å². The molecule has 1 aromatic rings. The second-order valence-corrected chi connectivity index (χ2v) is 4.38. The van der Waals surface area contributed by atoms with Crippen LogP contribution in [0, 0.1) is 6.92 Å². The van der Waals surface area contributed by atoms with Crippen molar-refractivity contribution in [2.45, 2.75) is 32.9 Å². The highest BCUT2D eigenvalue weighted by atomic mass is 32.1. The number of carbonyl (C=O) groups excluding carboxylic acids is 1. The number of thiazole rings is 1. The molecule has 0 aliphatic heterocycles. The maximum absolute atomic E-state index is 11.2. The lowest BCUT2D eigenvalue weighted by molar-refractivity contribution is -0.121. The third-order valence-corrected chi connectivity index (χ3v) is 2.46. The van der Waals surface area contributed by atoms with Crippen LogP contribution in [-0.2, 0) is 11.3 Å². The smallest absolute Gasteiger partial charge is 0.221 e. The van der Waals surface area contributed by atoms with Crippen molar-refractivity contribution in [3.8, 4) is 0 Å². The summed E-state index contributed by atoms with van der Waals surface area (Å²) >= 11 is 1.58. The Morgan fingerprint density at radius 1 is 1.79 bits per heavy atom. The van der Waals surface area contributed by atoms with Crippen molar-refractivity contribution in [1.29, 1.82) is 0 Å². The van der Waals surface area contributed by atoms with Gasteiger partial charge in [-0.15, -0.1) is 11.3 Å². The molecule has 78 valence electrons. The average molecular weight is 213 g/mol. The fourth-order valence-electron chi connectivity index (χ4n) is 1.04. The molecule has 1 heterocycles. The number of aromatic nitrogens is 1. The van der Waals surface area contributed by atoms with Crippen LogP contribution in [0.15, 0.2) is 5.38 Å². The number of rotatable bonds is 4. The number of carbonyl (C=O) groups is 1. The molecule has 1 aromatic heterocycles. The molecule has 0 radical (unpaired) electrons. The second kappa shape index (κ2) is 5.07. The first-order chi connectivity index (χ1) is 6.58. The van der Waals surface area contributed by atoms with E-state index in [9.17, 15) is 4.79 Å². The summed E-state index contributed by atoms with van der Waals surface area (Å²) in [5.74, 6) is -0.0225. The minimum Gasteiger partial charge on any atom is -0.350 e. The summed E-state index contributed by atoms with van der Waals surface area (Å²) in [6.07, 6.45) is 0.364. The summed E-state index contributed by atoms with van der Waals surface area (Å²) in [5.41, 5.74) is 6.40. The fraction of sp³-hybridized carbons (Fsp3) is 0.556. The normalized spacial score (nSPS) is 12.5. The predicted octanol–water partition coefficient (Wildman–Crippen LogP) is 0.805. The molecule has 1 amide bonds. The van der Waals surface area contributed by atoms with Gasteiger partial charge in [0.2, 0.25) is 5.91 Å². The van der Waals surface area contributed by atoms with Crippen LogP contribution in [0.4, 0.5) is 0 Å². The average Bonchev–Trinajstić information content (AvgIpc) is 2.47. The van der Waals surface area contributed by atoms with E-state index in [1.165, 1.54) is 0 Å². The zero-order valence-electron chi connectivity index (χ0n) is 8.41. The number of aryl methyl sites for hydroxylation is 1. The van der Waals surface area contributed by atoms with Gasteiger partial charge in [-0.1, -0.05) is 0 Å². The van der Waals surface area contributed by atoms with E-state index in [0.29, 0.717) is 13.0 Å². The van der Waals surface area contributed by atoms with Gasteiger partial charge in [0.15, 0.2) is 0 Å². The van der Waals surface area contributed by atoms with Crippen molar-refractivity contribution in [2.75, 3.05) is 0 Å². The van der Waals surface area contributed by atoms with Crippen LogP contribution in [0.1, 0.15) is 24.0 Å². The van der Waals surface area contributed by atoms with Crippen molar-refractivity contribution in [3.05, 3.63) is 16.1 Å². The van der Waals surface area contributed by atoms with Gasteiger partial charge in [-0.25, -0.2) is 4.98 Å². The quantitative estimate of drug-likeness (QED) is 0.777.